The Morgan fingerprint density at radius 2 is 2.31 bits per heavy atom. The van der Waals surface area contributed by atoms with Gasteiger partial charge in [0, 0.05) is 13.1 Å². The van der Waals surface area contributed by atoms with Gasteiger partial charge in [-0.05, 0) is 18.8 Å². The highest BCUT2D eigenvalue weighted by Crippen LogP contribution is 2.28. The summed E-state index contributed by atoms with van der Waals surface area (Å²) in [6.07, 6.45) is 6.26. The van der Waals surface area contributed by atoms with Gasteiger partial charge in [-0.25, -0.2) is 0 Å². The summed E-state index contributed by atoms with van der Waals surface area (Å²) in [6, 6.07) is 0. The van der Waals surface area contributed by atoms with Crippen LogP contribution in [0.25, 0.3) is 0 Å². The maximum atomic E-state index is 11.3. The van der Waals surface area contributed by atoms with Crippen LogP contribution in [-0.4, -0.2) is 31.7 Å². The van der Waals surface area contributed by atoms with Crippen LogP contribution in [0.2, 0.25) is 0 Å². The average molecular weight is 228 g/mol. The predicted octanol–water partition coefficient (Wildman–Crippen LogP) is 1.05. The molecule has 94 valence electrons. The SMILES string of the molecule is CCC1CCCC(OCC(=O)NCCN)C1. The van der Waals surface area contributed by atoms with Crippen molar-refractivity contribution in [2.45, 2.75) is 45.1 Å². The molecule has 0 bridgehead atoms. The molecule has 0 aromatic carbocycles. The molecule has 16 heavy (non-hydrogen) atoms. The van der Waals surface area contributed by atoms with E-state index in [0.29, 0.717) is 13.1 Å². The molecule has 4 nitrogen and oxygen atoms in total. The molecular weight excluding hydrogens is 204 g/mol. The zero-order valence-electron chi connectivity index (χ0n) is 10.2. The van der Waals surface area contributed by atoms with Crippen molar-refractivity contribution in [1.29, 1.82) is 0 Å². The standard InChI is InChI=1S/C12H24N2O2/c1-2-10-4-3-5-11(8-10)16-9-12(15)14-7-6-13/h10-11H,2-9,13H2,1H3,(H,14,15). The number of amides is 1. The Balaban J connectivity index is 2.14. The molecule has 1 rings (SSSR count). The second-order valence-corrected chi connectivity index (χ2v) is 4.51. The first-order valence-electron chi connectivity index (χ1n) is 6.34. The topological polar surface area (TPSA) is 64.3 Å². The maximum absolute atomic E-state index is 11.3. The lowest BCUT2D eigenvalue weighted by Gasteiger charge is -2.28. The van der Waals surface area contributed by atoms with Crippen molar-refractivity contribution in [3.63, 3.8) is 0 Å². The van der Waals surface area contributed by atoms with Gasteiger partial charge in [-0.15, -0.1) is 0 Å². The molecule has 0 aliphatic heterocycles. The lowest BCUT2D eigenvalue weighted by Crippen LogP contribution is -2.34. The lowest BCUT2D eigenvalue weighted by molar-refractivity contribution is -0.128. The van der Waals surface area contributed by atoms with Crippen LogP contribution in [0.3, 0.4) is 0 Å². The summed E-state index contributed by atoms with van der Waals surface area (Å²) in [6.45, 7) is 3.42. The monoisotopic (exact) mass is 228 g/mol. The first kappa shape index (κ1) is 13.5. The van der Waals surface area contributed by atoms with Gasteiger partial charge in [-0.1, -0.05) is 26.2 Å². The third kappa shape index (κ3) is 4.94. The van der Waals surface area contributed by atoms with Crippen LogP contribution in [0.5, 0.6) is 0 Å². The van der Waals surface area contributed by atoms with Crippen molar-refractivity contribution in [3.05, 3.63) is 0 Å². The molecule has 1 aliphatic carbocycles. The Hall–Kier alpha value is -0.610. The molecule has 1 fully saturated rings. The summed E-state index contributed by atoms with van der Waals surface area (Å²) in [5.74, 6) is 0.731. The average Bonchev–Trinajstić information content (AvgIpc) is 2.34. The molecule has 1 amide bonds. The van der Waals surface area contributed by atoms with Crippen molar-refractivity contribution in [3.8, 4) is 0 Å². The van der Waals surface area contributed by atoms with Crippen LogP contribution < -0.4 is 11.1 Å². The van der Waals surface area contributed by atoms with E-state index < -0.39 is 0 Å². The van der Waals surface area contributed by atoms with E-state index in [2.05, 4.69) is 12.2 Å². The van der Waals surface area contributed by atoms with E-state index in [9.17, 15) is 4.79 Å². The van der Waals surface area contributed by atoms with E-state index in [-0.39, 0.29) is 18.6 Å². The number of nitrogens with one attached hydrogen (secondary N) is 1. The first-order chi connectivity index (χ1) is 7.76. The Bertz CT molecular complexity index is 209. The molecule has 3 N–H and O–H groups in total. The summed E-state index contributed by atoms with van der Waals surface area (Å²) >= 11 is 0. The highest BCUT2D eigenvalue weighted by atomic mass is 16.5. The zero-order chi connectivity index (χ0) is 11.8. The molecule has 0 heterocycles. The van der Waals surface area contributed by atoms with E-state index in [4.69, 9.17) is 10.5 Å². The summed E-state index contributed by atoms with van der Waals surface area (Å²) in [4.78, 5) is 11.3. The number of carbonyl (C=O) groups excluding carboxylic acids is 1. The van der Waals surface area contributed by atoms with E-state index in [1.807, 2.05) is 0 Å². The summed E-state index contributed by atoms with van der Waals surface area (Å²) in [5.41, 5.74) is 5.30. The maximum Gasteiger partial charge on any atom is 0.246 e. The third-order valence-electron chi connectivity index (χ3n) is 3.23. The van der Waals surface area contributed by atoms with Crippen LogP contribution in [0.1, 0.15) is 39.0 Å². The van der Waals surface area contributed by atoms with E-state index in [1.165, 1.54) is 19.3 Å². The lowest BCUT2D eigenvalue weighted by atomic mass is 9.85. The molecule has 0 radical (unpaired) electrons. The van der Waals surface area contributed by atoms with Gasteiger partial charge in [0.15, 0.2) is 0 Å². The van der Waals surface area contributed by atoms with E-state index in [0.717, 1.165) is 18.8 Å². The summed E-state index contributed by atoms with van der Waals surface area (Å²) in [7, 11) is 0. The highest BCUT2D eigenvalue weighted by Gasteiger charge is 2.21. The molecular formula is C12H24N2O2. The number of nitrogens with two attached hydrogens (primary N) is 1. The van der Waals surface area contributed by atoms with Crippen molar-refractivity contribution < 1.29 is 9.53 Å². The molecule has 0 aromatic rings. The molecule has 0 aromatic heterocycles. The van der Waals surface area contributed by atoms with Gasteiger partial charge in [-0.2, -0.15) is 0 Å². The number of carbonyl (C=O) groups is 1. The van der Waals surface area contributed by atoms with Crippen molar-refractivity contribution in [1.82, 2.24) is 5.32 Å². The molecule has 2 atom stereocenters. The minimum Gasteiger partial charge on any atom is -0.368 e. The highest BCUT2D eigenvalue weighted by molar-refractivity contribution is 5.77. The second-order valence-electron chi connectivity index (χ2n) is 4.51. The quantitative estimate of drug-likeness (QED) is 0.714. The van der Waals surface area contributed by atoms with E-state index in [1.54, 1.807) is 0 Å². The minimum absolute atomic E-state index is 0.0518. The normalized spacial score (nSPS) is 25.4. The van der Waals surface area contributed by atoms with Gasteiger partial charge in [0.1, 0.15) is 6.61 Å². The Morgan fingerprint density at radius 1 is 1.50 bits per heavy atom. The van der Waals surface area contributed by atoms with Crippen LogP contribution in [0.15, 0.2) is 0 Å². The van der Waals surface area contributed by atoms with Gasteiger partial charge in [0.2, 0.25) is 5.91 Å². The van der Waals surface area contributed by atoms with Gasteiger partial charge in [-0.3, -0.25) is 4.79 Å². The number of hydrogen-bond acceptors (Lipinski definition) is 3. The van der Waals surface area contributed by atoms with Crippen LogP contribution in [0, 0.1) is 5.92 Å². The molecule has 2 unspecified atom stereocenters. The summed E-state index contributed by atoms with van der Waals surface area (Å²) in [5, 5.41) is 2.71. The van der Waals surface area contributed by atoms with Crippen molar-refractivity contribution >= 4 is 5.91 Å². The fourth-order valence-corrected chi connectivity index (χ4v) is 2.22. The Labute approximate surface area is 97.9 Å². The number of hydrogen-bond donors (Lipinski definition) is 2. The number of ether oxygens (including phenoxy) is 1. The molecule has 0 saturated heterocycles. The summed E-state index contributed by atoms with van der Waals surface area (Å²) < 4.78 is 5.62. The second kappa shape index (κ2) is 7.63. The van der Waals surface area contributed by atoms with Crippen molar-refractivity contribution in [2.75, 3.05) is 19.7 Å². The van der Waals surface area contributed by atoms with Crippen LogP contribution in [0.4, 0.5) is 0 Å². The van der Waals surface area contributed by atoms with Crippen LogP contribution in [-0.2, 0) is 9.53 Å². The number of rotatable bonds is 6. The van der Waals surface area contributed by atoms with Crippen LogP contribution >= 0.6 is 0 Å². The first-order valence-corrected chi connectivity index (χ1v) is 6.34. The van der Waals surface area contributed by atoms with Gasteiger partial charge < -0.3 is 15.8 Å². The predicted molar refractivity (Wildman–Crippen MR) is 64.1 cm³/mol. The van der Waals surface area contributed by atoms with E-state index >= 15 is 0 Å². The van der Waals surface area contributed by atoms with Gasteiger partial charge >= 0.3 is 0 Å². The third-order valence-corrected chi connectivity index (χ3v) is 3.23. The smallest absolute Gasteiger partial charge is 0.246 e. The molecule has 4 heteroatoms. The minimum atomic E-state index is -0.0518. The Morgan fingerprint density at radius 3 is 3.00 bits per heavy atom. The van der Waals surface area contributed by atoms with Gasteiger partial charge in [0.25, 0.3) is 0 Å². The van der Waals surface area contributed by atoms with Gasteiger partial charge in [0.05, 0.1) is 6.10 Å². The largest absolute Gasteiger partial charge is 0.368 e. The molecule has 0 spiro atoms. The zero-order valence-corrected chi connectivity index (χ0v) is 10.2. The fraction of sp³-hybridized carbons (Fsp3) is 0.917. The fourth-order valence-electron chi connectivity index (χ4n) is 2.22. The molecule has 1 saturated carbocycles. The Kier molecular flexibility index (Phi) is 6.42. The molecule has 1 aliphatic rings. The van der Waals surface area contributed by atoms with Crippen molar-refractivity contribution in [2.24, 2.45) is 11.7 Å².